The summed E-state index contributed by atoms with van der Waals surface area (Å²) in [5.74, 6) is 0.904. The van der Waals surface area contributed by atoms with E-state index >= 15 is 0 Å². The van der Waals surface area contributed by atoms with Gasteiger partial charge in [-0.1, -0.05) is 6.92 Å². The molecule has 0 spiro atoms. The van der Waals surface area contributed by atoms with Gasteiger partial charge in [0.15, 0.2) is 5.65 Å². The van der Waals surface area contributed by atoms with Crippen molar-refractivity contribution in [3.8, 4) is 11.5 Å². The molecule has 0 fully saturated rings. The predicted molar refractivity (Wildman–Crippen MR) is 89.8 cm³/mol. The maximum Gasteiger partial charge on any atom is 0.333 e. The van der Waals surface area contributed by atoms with Gasteiger partial charge in [0.05, 0.1) is 5.39 Å². The number of rotatable bonds is 2. The minimum atomic E-state index is -2.73. The first-order chi connectivity index (χ1) is 12.1. The van der Waals surface area contributed by atoms with Crippen molar-refractivity contribution in [1.29, 1.82) is 0 Å². The Morgan fingerprint density at radius 1 is 1.36 bits per heavy atom. The second-order valence-electron chi connectivity index (χ2n) is 6.42. The van der Waals surface area contributed by atoms with Gasteiger partial charge in [-0.15, -0.1) is 16.4 Å². The molecular weight excluding hydrogens is 346 g/mol. The number of halogens is 2. The Labute approximate surface area is 145 Å². The Morgan fingerprint density at radius 3 is 3.08 bits per heavy atom. The molecule has 4 heterocycles. The summed E-state index contributed by atoms with van der Waals surface area (Å²) in [6.45, 7) is -0.470. The first-order valence-electron chi connectivity index (χ1n) is 8.09. The Morgan fingerprint density at radius 2 is 2.24 bits per heavy atom. The highest BCUT2D eigenvalue weighted by molar-refractivity contribution is 7.19. The molecule has 0 saturated heterocycles. The highest BCUT2D eigenvalue weighted by Gasteiger charge is 2.24. The summed E-state index contributed by atoms with van der Waals surface area (Å²) in [6, 6.07) is 1.50. The molecule has 0 aromatic carbocycles. The zero-order valence-electron chi connectivity index (χ0n) is 13.4. The molecule has 0 amide bonds. The molecule has 0 bridgehead atoms. The maximum absolute atomic E-state index is 13.1. The minimum absolute atomic E-state index is 0.199. The van der Waals surface area contributed by atoms with E-state index in [0.717, 1.165) is 29.5 Å². The summed E-state index contributed by atoms with van der Waals surface area (Å²) >= 11 is 1.70. The van der Waals surface area contributed by atoms with Crippen molar-refractivity contribution < 1.29 is 8.78 Å². The Balaban J connectivity index is 1.74. The largest absolute Gasteiger partial charge is 0.333 e. The topological polar surface area (TPSA) is 60.9 Å². The van der Waals surface area contributed by atoms with Crippen LogP contribution in [0.15, 0.2) is 18.6 Å². The third kappa shape index (κ3) is 2.18. The average Bonchev–Trinajstić information content (AvgIpc) is 3.28. The number of nitrogens with zero attached hydrogens (tertiary/aromatic N) is 6. The number of fused-ring (bicyclic) bond motifs is 5. The molecule has 0 radical (unpaired) electrons. The molecule has 1 aliphatic carbocycles. The summed E-state index contributed by atoms with van der Waals surface area (Å²) in [5.41, 5.74) is 2.16. The molecule has 4 aromatic heterocycles. The summed E-state index contributed by atoms with van der Waals surface area (Å²) in [5, 5.41) is 9.01. The number of hydrogen-bond donors (Lipinski definition) is 0. The summed E-state index contributed by atoms with van der Waals surface area (Å²) < 4.78 is 28.4. The SMILES string of the molecule is C[C@@H]1CCc2c(sc3ncn4nc(-c5ccnn5C(F)F)nc4c23)C1. The van der Waals surface area contributed by atoms with Crippen LogP contribution >= 0.6 is 11.3 Å². The van der Waals surface area contributed by atoms with E-state index in [9.17, 15) is 8.78 Å². The number of thiophene rings is 1. The number of aryl methyl sites for hydroxylation is 1. The smallest absolute Gasteiger partial charge is 0.225 e. The van der Waals surface area contributed by atoms with Crippen LogP contribution in [0.3, 0.4) is 0 Å². The lowest BCUT2D eigenvalue weighted by atomic mass is 9.89. The van der Waals surface area contributed by atoms with Crippen LogP contribution in [0, 0.1) is 5.92 Å². The molecule has 0 unspecified atom stereocenters. The van der Waals surface area contributed by atoms with Gasteiger partial charge in [-0.2, -0.15) is 13.9 Å². The summed E-state index contributed by atoms with van der Waals surface area (Å²) in [7, 11) is 0. The lowest BCUT2D eigenvalue weighted by molar-refractivity contribution is 0.0583. The van der Waals surface area contributed by atoms with Gasteiger partial charge >= 0.3 is 6.55 Å². The van der Waals surface area contributed by atoms with E-state index in [4.69, 9.17) is 0 Å². The van der Waals surface area contributed by atoms with Crippen molar-refractivity contribution in [2.75, 3.05) is 0 Å². The lowest BCUT2D eigenvalue weighted by Crippen LogP contribution is -2.08. The van der Waals surface area contributed by atoms with Crippen LogP contribution < -0.4 is 0 Å². The monoisotopic (exact) mass is 360 g/mol. The first-order valence-corrected chi connectivity index (χ1v) is 8.91. The standard InChI is InChI=1S/C16H14F2N6S/c1-8-2-3-9-11(6-8)25-15-12(9)14-21-13(22-23(14)7-19-15)10-4-5-20-24(10)16(17)18/h4-5,7-8,16H,2-3,6H2,1H3/t8-/m1/s1. The number of aromatic nitrogens is 6. The van der Waals surface area contributed by atoms with E-state index in [-0.39, 0.29) is 11.5 Å². The zero-order valence-corrected chi connectivity index (χ0v) is 14.2. The second-order valence-corrected chi connectivity index (χ2v) is 7.50. The van der Waals surface area contributed by atoms with Gasteiger partial charge in [0.1, 0.15) is 16.9 Å². The Hall–Kier alpha value is -2.42. The van der Waals surface area contributed by atoms with Crippen molar-refractivity contribution in [3.05, 3.63) is 29.0 Å². The third-order valence-corrected chi connectivity index (χ3v) is 5.88. The van der Waals surface area contributed by atoms with Gasteiger partial charge in [-0.3, -0.25) is 0 Å². The molecular formula is C16H14F2N6S. The Kier molecular flexibility index (Phi) is 3.15. The van der Waals surface area contributed by atoms with Gasteiger partial charge in [0.25, 0.3) is 0 Å². The van der Waals surface area contributed by atoms with Gasteiger partial charge in [0.2, 0.25) is 5.82 Å². The minimum Gasteiger partial charge on any atom is -0.225 e. The molecule has 4 aromatic rings. The van der Waals surface area contributed by atoms with E-state index in [1.165, 1.54) is 22.7 Å². The van der Waals surface area contributed by atoms with Crippen molar-refractivity contribution in [2.24, 2.45) is 5.92 Å². The molecule has 0 aliphatic heterocycles. The molecule has 5 rings (SSSR count). The zero-order chi connectivity index (χ0) is 17.1. The molecule has 0 N–H and O–H groups in total. The van der Waals surface area contributed by atoms with Crippen molar-refractivity contribution >= 4 is 27.2 Å². The van der Waals surface area contributed by atoms with Crippen LogP contribution in [-0.4, -0.2) is 29.4 Å². The summed E-state index contributed by atoms with van der Waals surface area (Å²) in [6.07, 6.45) is 6.12. The van der Waals surface area contributed by atoms with Gasteiger partial charge in [-0.05, 0) is 36.8 Å². The normalized spacial score (nSPS) is 17.7. The average molecular weight is 360 g/mol. The second kappa shape index (κ2) is 5.29. The summed E-state index contributed by atoms with van der Waals surface area (Å²) in [4.78, 5) is 11.3. The van der Waals surface area contributed by atoms with E-state index in [2.05, 4.69) is 27.1 Å². The van der Waals surface area contributed by atoms with Gasteiger partial charge < -0.3 is 0 Å². The van der Waals surface area contributed by atoms with E-state index in [0.29, 0.717) is 16.2 Å². The molecule has 1 atom stereocenters. The molecule has 25 heavy (non-hydrogen) atoms. The van der Waals surface area contributed by atoms with Crippen LogP contribution in [0.1, 0.15) is 30.3 Å². The van der Waals surface area contributed by atoms with Crippen LogP contribution in [0.2, 0.25) is 0 Å². The van der Waals surface area contributed by atoms with Gasteiger partial charge in [0, 0.05) is 11.1 Å². The van der Waals surface area contributed by atoms with Crippen LogP contribution in [0.25, 0.3) is 27.4 Å². The molecule has 0 saturated carbocycles. The maximum atomic E-state index is 13.1. The van der Waals surface area contributed by atoms with Crippen molar-refractivity contribution in [3.63, 3.8) is 0 Å². The molecule has 128 valence electrons. The molecule has 9 heteroatoms. The van der Waals surface area contributed by atoms with E-state index < -0.39 is 6.55 Å². The molecule has 6 nitrogen and oxygen atoms in total. The lowest BCUT2D eigenvalue weighted by Gasteiger charge is -2.17. The Bertz CT molecular complexity index is 1100. The molecule has 1 aliphatic rings. The van der Waals surface area contributed by atoms with Crippen LogP contribution in [-0.2, 0) is 12.8 Å². The van der Waals surface area contributed by atoms with E-state index in [1.807, 2.05) is 0 Å². The van der Waals surface area contributed by atoms with Gasteiger partial charge in [-0.25, -0.2) is 19.2 Å². The third-order valence-electron chi connectivity index (χ3n) is 4.72. The van der Waals surface area contributed by atoms with E-state index in [1.54, 1.807) is 22.2 Å². The number of alkyl halides is 2. The highest BCUT2D eigenvalue weighted by Crippen LogP contribution is 2.38. The van der Waals surface area contributed by atoms with Crippen molar-refractivity contribution in [2.45, 2.75) is 32.7 Å². The first kappa shape index (κ1) is 14.9. The van der Waals surface area contributed by atoms with Crippen molar-refractivity contribution in [1.82, 2.24) is 29.4 Å². The predicted octanol–water partition coefficient (Wildman–Crippen LogP) is 3.72. The number of hydrogen-bond acceptors (Lipinski definition) is 5. The van der Waals surface area contributed by atoms with Crippen LogP contribution in [0.4, 0.5) is 8.78 Å². The quantitative estimate of drug-likeness (QED) is 0.547. The highest BCUT2D eigenvalue weighted by atomic mass is 32.1. The fraction of sp³-hybridized carbons (Fsp3) is 0.375. The fourth-order valence-electron chi connectivity index (χ4n) is 3.49. The fourth-order valence-corrected chi connectivity index (χ4v) is 4.84. The van der Waals surface area contributed by atoms with Crippen LogP contribution in [0.5, 0.6) is 0 Å².